The number of anilines is 1. The summed E-state index contributed by atoms with van der Waals surface area (Å²) in [6.45, 7) is 1.69. The number of hydrogen-bond acceptors (Lipinski definition) is 4. The highest BCUT2D eigenvalue weighted by Gasteiger charge is 2.29. The van der Waals surface area contributed by atoms with Gasteiger partial charge in [0.2, 0.25) is 5.88 Å². The molecule has 0 fully saturated rings. The summed E-state index contributed by atoms with van der Waals surface area (Å²) in [6.07, 6.45) is 1.38. The van der Waals surface area contributed by atoms with E-state index >= 15 is 0 Å². The van der Waals surface area contributed by atoms with Crippen LogP contribution >= 0.6 is 22.6 Å². The van der Waals surface area contributed by atoms with Gasteiger partial charge in [0, 0.05) is 3.57 Å². The Morgan fingerprint density at radius 3 is 2.39 bits per heavy atom. The van der Waals surface area contributed by atoms with Crippen LogP contribution in [0.4, 0.5) is 5.69 Å². The van der Waals surface area contributed by atoms with E-state index in [2.05, 4.69) is 32.8 Å². The first kappa shape index (κ1) is 18.2. The van der Waals surface area contributed by atoms with Gasteiger partial charge in [-0.05, 0) is 72.0 Å². The number of hydrogen-bond donors (Lipinski definition) is 2. The quantitative estimate of drug-likeness (QED) is 0.440. The minimum Gasteiger partial charge on any atom is -0.493 e. The first-order valence-electron chi connectivity index (χ1n) is 8.42. The van der Waals surface area contributed by atoms with E-state index in [1.54, 1.807) is 31.2 Å². The number of carbonyl (C=O) groups excluding carboxylic acids is 1. The first-order chi connectivity index (χ1) is 13.5. The van der Waals surface area contributed by atoms with Crippen molar-refractivity contribution in [2.24, 2.45) is 5.10 Å². The minimum absolute atomic E-state index is 0.00589. The van der Waals surface area contributed by atoms with E-state index in [4.69, 9.17) is 0 Å². The predicted octanol–water partition coefficient (Wildman–Crippen LogP) is 3.28. The molecule has 0 aliphatic carbocycles. The lowest BCUT2D eigenvalue weighted by molar-refractivity contribution is -0.114. The molecule has 2 heterocycles. The molecule has 8 heteroatoms. The average molecular weight is 486 g/mol. The van der Waals surface area contributed by atoms with Gasteiger partial charge in [-0.25, -0.2) is 4.68 Å². The molecule has 0 atom stereocenters. The predicted molar refractivity (Wildman–Crippen MR) is 116 cm³/mol. The number of benzene rings is 2. The number of nitrogens with zero attached hydrogens (tertiary/aromatic N) is 3. The summed E-state index contributed by atoms with van der Waals surface area (Å²) in [6, 6.07) is 16.3. The zero-order valence-corrected chi connectivity index (χ0v) is 16.9. The number of rotatable bonds is 3. The molecule has 28 heavy (non-hydrogen) atoms. The van der Waals surface area contributed by atoms with Crippen LogP contribution in [0.5, 0.6) is 5.88 Å². The van der Waals surface area contributed by atoms with Crippen LogP contribution in [0, 0.1) is 3.57 Å². The fraction of sp³-hybridized carbons (Fsp3) is 0.0500. The molecule has 0 radical (unpaired) electrons. The van der Waals surface area contributed by atoms with Gasteiger partial charge >= 0.3 is 0 Å². The summed E-state index contributed by atoms with van der Waals surface area (Å²) in [5, 5.41) is 18.7. The van der Waals surface area contributed by atoms with E-state index in [9.17, 15) is 14.7 Å². The van der Waals surface area contributed by atoms with Gasteiger partial charge in [0.15, 0.2) is 0 Å². The van der Waals surface area contributed by atoms with Crippen LogP contribution in [0.3, 0.4) is 0 Å². The van der Waals surface area contributed by atoms with E-state index in [-0.39, 0.29) is 22.9 Å². The van der Waals surface area contributed by atoms with Crippen molar-refractivity contribution in [3.63, 3.8) is 0 Å². The number of carbonyl (C=O) groups is 1. The maximum atomic E-state index is 12.8. The van der Waals surface area contributed by atoms with Gasteiger partial charge in [-0.3, -0.25) is 14.7 Å². The Hall–Kier alpha value is -3.14. The molecule has 0 spiro atoms. The van der Waals surface area contributed by atoms with E-state index in [0.29, 0.717) is 17.1 Å². The molecule has 1 aromatic heterocycles. The van der Waals surface area contributed by atoms with Gasteiger partial charge in [0.1, 0.15) is 5.56 Å². The molecule has 0 saturated carbocycles. The second kappa shape index (κ2) is 7.12. The van der Waals surface area contributed by atoms with Crippen LogP contribution in [-0.2, 0) is 4.79 Å². The number of aromatic nitrogens is 2. The summed E-state index contributed by atoms with van der Waals surface area (Å²) in [7, 11) is 0. The molecule has 0 unspecified atom stereocenters. The second-order valence-corrected chi connectivity index (χ2v) is 7.43. The average Bonchev–Trinajstić information content (AvgIpc) is 3.14. The maximum absolute atomic E-state index is 12.8. The van der Waals surface area contributed by atoms with Crippen molar-refractivity contribution in [1.29, 1.82) is 0 Å². The Bertz CT molecular complexity index is 1170. The topological polar surface area (TPSA) is 90.7 Å². The first-order valence-corrected chi connectivity index (χ1v) is 9.50. The Morgan fingerprint density at radius 2 is 1.71 bits per heavy atom. The zero-order valence-electron chi connectivity index (χ0n) is 14.8. The van der Waals surface area contributed by atoms with Crippen molar-refractivity contribution in [3.8, 4) is 11.6 Å². The van der Waals surface area contributed by atoms with Gasteiger partial charge in [0.25, 0.3) is 11.5 Å². The monoisotopic (exact) mass is 486 g/mol. The van der Waals surface area contributed by atoms with E-state index in [0.717, 1.165) is 3.57 Å². The Balaban J connectivity index is 1.74. The molecule has 0 bridgehead atoms. The number of halogens is 1. The molecular weight excluding hydrogens is 471 g/mol. The molecule has 3 aromatic rings. The molecule has 2 N–H and O–H groups in total. The lowest BCUT2D eigenvalue weighted by Gasteiger charge is -2.10. The summed E-state index contributed by atoms with van der Waals surface area (Å²) in [4.78, 5) is 25.2. The molecule has 1 aliphatic rings. The van der Waals surface area contributed by atoms with Gasteiger partial charge in [-0.15, -0.1) is 0 Å². The minimum atomic E-state index is -0.498. The van der Waals surface area contributed by atoms with Crippen LogP contribution in [0.15, 0.2) is 70.1 Å². The van der Waals surface area contributed by atoms with Crippen LogP contribution in [0.2, 0.25) is 0 Å². The van der Waals surface area contributed by atoms with Gasteiger partial charge in [0.05, 0.1) is 22.7 Å². The van der Waals surface area contributed by atoms with Crippen molar-refractivity contribution in [1.82, 2.24) is 9.78 Å². The molecule has 4 rings (SSSR count). The SMILES string of the molecule is CC1=NN(c2ccccc2)C(=O)/C1=C\c1c(O)n(-c2ccc(I)cc2)[nH]c1=O. The third kappa shape index (κ3) is 3.15. The van der Waals surface area contributed by atoms with Crippen molar-refractivity contribution in [3.05, 3.63) is 79.7 Å². The fourth-order valence-electron chi connectivity index (χ4n) is 2.92. The smallest absolute Gasteiger partial charge is 0.280 e. The summed E-state index contributed by atoms with van der Waals surface area (Å²) < 4.78 is 2.31. The molecular formula is C20H15IN4O3. The number of nitrogens with one attached hydrogen (secondary N) is 1. The highest BCUT2D eigenvalue weighted by Crippen LogP contribution is 2.27. The number of aromatic amines is 1. The highest BCUT2D eigenvalue weighted by atomic mass is 127. The van der Waals surface area contributed by atoms with Crippen molar-refractivity contribution in [2.75, 3.05) is 5.01 Å². The molecule has 1 amide bonds. The largest absolute Gasteiger partial charge is 0.493 e. The summed E-state index contributed by atoms with van der Waals surface area (Å²) in [5.41, 5.74) is 1.46. The molecule has 140 valence electrons. The Morgan fingerprint density at radius 1 is 1.04 bits per heavy atom. The van der Waals surface area contributed by atoms with Gasteiger partial charge < -0.3 is 5.11 Å². The summed E-state index contributed by atoms with van der Waals surface area (Å²) in [5.74, 6) is -0.623. The molecule has 2 aromatic carbocycles. The molecule has 1 aliphatic heterocycles. The number of H-pyrrole nitrogens is 1. The van der Waals surface area contributed by atoms with Crippen LogP contribution in [0.25, 0.3) is 11.8 Å². The fourth-order valence-corrected chi connectivity index (χ4v) is 3.28. The maximum Gasteiger partial charge on any atom is 0.280 e. The zero-order chi connectivity index (χ0) is 19.8. The van der Waals surface area contributed by atoms with Crippen LogP contribution in [-0.4, -0.2) is 26.5 Å². The standard InChI is InChI=1S/C20H15IN4O3/c1-12-16(19(27)24(22-12)14-5-3-2-4-6-14)11-17-18(26)23-25(20(17)28)15-9-7-13(21)8-10-15/h2-11,28H,1H3,(H,23,26)/b16-11-. The van der Waals surface area contributed by atoms with E-state index in [1.807, 2.05) is 30.3 Å². The summed E-state index contributed by atoms with van der Waals surface area (Å²) >= 11 is 2.17. The third-order valence-corrected chi connectivity index (χ3v) is 5.07. The van der Waals surface area contributed by atoms with Crippen LogP contribution < -0.4 is 10.6 Å². The third-order valence-electron chi connectivity index (χ3n) is 4.35. The lowest BCUT2D eigenvalue weighted by atomic mass is 10.1. The normalized spacial score (nSPS) is 15.4. The molecule has 7 nitrogen and oxygen atoms in total. The van der Waals surface area contributed by atoms with Gasteiger partial charge in [-0.1, -0.05) is 18.2 Å². The van der Waals surface area contributed by atoms with Crippen LogP contribution in [0.1, 0.15) is 12.5 Å². The molecule has 0 saturated heterocycles. The van der Waals surface area contributed by atoms with E-state index in [1.165, 1.54) is 15.8 Å². The lowest BCUT2D eigenvalue weighted by Crippen LogP contribution is -2.21. The number of hydrazone groups is 1. The number of aromatic hydroxyl groups is 1. The number of para-hydroxylation sites is 1. The van der Waals surface area contributed by atoms with Crippen molar-refractivity contribution >= 4 is 46.0 Å². The number of amides is 1. The van der Waals surface area contributed by atoms with Gasteiger partial charge in [-0.2, -0.15) is 10.1 Å². The van der Waals surface area contributed by atoms with Crippen molar-refractivity contribution < 1.29 is 9.90 Å². The van der Waals surface area contributed by atoms with Crippen molar-refractivity contribution in [2.45, 2.75) is 6.92 Å². The highest BCUT2D eigenvalue weighted by molar-refractivity contribution is 14.1. The second-order valence-electron chi connectivity index (χ2n) is 6.19. The Kier molecular flexibility index (Phi) is 4.63. The Labute approximate surface area is 173 Å². The van der Waals surface area contributed by atoms with E-state index < -0.39 is 5.56 Å².